The average molecular weight is 385 g/mol. The Labute approximate surface area is 166 Å². The summed E-state index contributed by atoms with van der Waals surface area (Å²) >= 11 is 5.85. The molecule has 0 saturated heterocycles. The zero-order valence-electron chi connectivity index (χ0n) is 15.4. The molecule has 6 heteroatoms. The van der Waals surface area contributed by atoms with E-state index in [-0.39, 0.29) is 0 Å². The summed E-state index contributed by atoms with van der Waals surface area (Å²) < 4.78 is 5.67. The molecule has 0 aliphatic carbocycles. The summed E-state index contributed by atoms with van der Waals surface area (Å²) in [5, 5.41) is 12.3. The number of ether oxygens (including phenoxy) is 1. The minimum Gasteiger partial charge on any atom is -0.494 e. The van der Waals surface area contributed by atoms with E-state index in [0.29, 0.717) is 18.1 Å². The summed E-state index contributed by atoms with van der Waals surface area (Å²) in [5.41, 5.74) is 1.01. The quantitative estimate of drug-likeness (QED) is 0.199. The number of unbranched alkanes of at least 4 members (excludes halogenated alkanes) is 3. The Kier molecular flexibility index (Phi) is 9.77. The fourth-order valence-electron chi connectivity index (χ4n) is 2.54. The lowest BCUT2D eigenvalue weighted by atomic mass is 10.2. The van der Waals surface area contributed by atoms with E-state index in [2.05, 4.69) is 15.3 Å². The number of nitrogens with one attached hydrogen (secondary N) is 1. The topological polar surface area (TPSA) is 70.3 Å². The number of aromatic nitrogens is 1. The van der Waals surface area contributed by atoms with E-state index in [0.717, 1.165) is 55.9 Å². The van der Waals surface area contributed by atoms with E-state index in [4.69, 9.17) is 21.6 Å². The van der Waals surface area contributed by atoms with Crippen molar-refractivity contribution in [1.29, 1.82) is 5.26 Å². The molecule has 0 spiro atoms. The number of rotatable bonds is 11. The van der Waals surface area contributed by atoms with Gasteiger partial charge in [0.1, 0.15) is 11.6 Å². The average Bonchev–Trinajstić information content (AvgIpc) is 2.70. The van der Waals surface area contributed by atoms with E-state index < -0.39 is 0 Å². The van der Waals surface area contributed by atoms with Gasteiger partial charge in [0, 0.05) is 29.9 Å². The summed E-state index contributed by atoms with van der Waals surface area (Å²) in [7, 11) is 0. The van der Waals surface area contributed by atoms with Crippen LogP contribution < -0.4 is 10.1 Å². The maximum absolute atomic E-state index is 8.86. The van der Waals surface area contributed by atoms with Gasteiger partial charge >= 0.3 is 0 Å². The Morgan fingerprint density at radius 3 is 2.67 bits per heavy atom. The molecule has 142 valence electrons. The summed E-state index contributed by atoms with van der Waals surface area (Å²) in [5.74, 6) is 1.58. The second kappa shape index (κ2) is 12.7. The van der Waals surface area contributed by atoms with Crippen LogP contribution in [0.15, 0.2) is 53.7 Å². The molecule has 0 aliphatic rings. The number of nitrogens with zero attached hydrogens (tertiary/aromatic N) is 3. The van der Waals surface area contributed by atoms with E-state index in [1.165, 1.54) is 0 Å². The van der Waals surface area contributed by atoms with Gasteiger partial charge in [-0.2, -0.15) is 5.26 Å². The Bertz CT molecular complexity index is 726. The van der Waals surface area contributed by atoms with E-state index in [9.17, 15) is 0 Å². The minimum absolute atomic E-state index is 0.694. The van der Waals surface area contributed by atoms with Crippen LogP contribution in [0.4, 0.5) is 0 Å². The van der Waals surface area contributed by atoms with Crippen LogP contribution in [0.3, 0.4) is 0 Å². The van der Waals surface area contributed by atoms with E-state index in [1.807, 2.05) is 48.7 Å². The maximum atomic E-state index is 8.86. The maximum Gasteiger partial charge on any atom is 0.182 e. The van der Waals surface area contributed by atoms with Gasteiger partial charge in [-0.15, -0.1) is 0 Å². The SMILES string of the molecule is N#CNC(CCc1ccccn1)=NCCCCCCOc1ccc(Cl)cc1. The second-order valence-electron chi connectivity index (χ2n) is 6.10. The largest absolute Gasteiger partial charge is 0.494 e. The van der Waals surface area contributed by atoms with Crippen LogP contribution in [-0.4, -0.2) is 24.0 Å². The fraction of sp³-hybridized carbons (Fsp3) is 0.381. The van der Waals surface area contributed by atoms with Crippen LogP contribution in [0.1, 0.15) is 37.8 Å². The lowest BCUT2D eigenvalue weighted by molar-refractivity contribution is 0.305. The number of pyridine rings is 1. The zero-order chi connectivity index (χ0) is 19.2. The first-order valence-corrected chi connectivity index (χ1v) is 9.62. The number of hydrogen-bond donors (Lipinski definition) is 1. The van der Waals surface area contributed by atoms with Crippen molar-refractivity contribution in [3.63, 3.8) is 0 Å². The zero-order valence-corrected chi connectivity index (χ0v) is 16.2. The molecule has 0 atom stereocenters. The van der Waals surface area contributed by atoms with Crippen LogP contribution >= 0.6 is 11.6 Å². The number of nitriles is 1. The van der Waals surface area contributed by atoms with Gasteiger partial charge in [-0.05, 0) is 62.1 Å². The summed E-state index contributed by atoms with van der Waals surface area (Å²) in [4.78, 5) is 8.80. The minimum atomic E-state index is 0.694. The molecule has 0 saturated carbocycles. The molecule has 1 aromatic carbocycles. The molecule has 0 fully saturated rings. The summed E-state index contributed by atoms with van der Waals surface area (Å²) in [6.07, 6.45) is 9.41. The number of benzene rings is 1. The first-order valence-electron chi connectivity index (χ1n) is 9.24. The van der Waals surface area contributed by atoms with Crippen molar-refractivity contribution in [2.24, 2.45) is 4.99 Å². The highest BCUT2D eigenvalue weighted by Gasteiger charge is 2.01. The molecule has 0 unspecified atom stereocenters. The van der Waals surface area contributed by atoms with Crippen molar-refractivity contribution in [3.8, 4) is 11.9 Å². The third-order valence-corrected chi connectivity index (χ3v) is 4.23. The van der Waals surface area contributed by atoms with Gasteiger partial charge in [0.25, 0.3) is 0 Å². The number of halogens is 1. The van der Waals surface area contributed by atoms with Crippen LogP contribution in [0.25, 0.3) is 0 Å². The van der Waals surface area contributed by atoms with Gasteiger partial charge < -0.3 is 4.74 Å². The molecule has 0 aliphatic heterocycles. The highest BCUT2D eigenvalue weighted by atomic mass is 35.5. The number of aryl methyl sites for hydroxylation is 1. The Morgan fingerprint density at radius 2 is 1.93 bits per heavy atom. The Balaban J connectivity index is 1.57. The van der Waals surface area contributed by atoms with Crippen molar-refractivity contribution in [2.75, 3.05) is 13.2 Å². The van der Waals surface area contributed by atoms with Crippen molar-refractivity contribution in [3.05, 3.63) is 59.4 Å². The van der Waals surface area contributed by atoms with Gasteiger partial charge in [-0.3, -0.25) is 15.3 Å². The first kappa shape index (κ1) is 20.7. The smallest absolute Gasteiger partial charge is 0.182 e. The highest BCUT2D eigenvalue weighted by Crippen LogP contribution is 2.16. The standard InChI is InChI=1S/C21H25ClN4O/c22-18-8-11-20(12-9-18)27-16-6-2-1-4-15-25-21(26-17-23)13-10-19-7-3-5-14-24-19/h3,5,7-9,11-12,14H,1-2,4,6,10,13,15-16H2,(H,25,26). The molecule has 1 N–H and O–H groups in total. The van der Waals surface area contributed by atoms with E-state index in [1.54, 1.807) is 6.20 Å². The van der Waals surface area contributed by atoms with Gasteiger partial charge in [-0.1, -0.05) is 24.1 Å². The highest BCUT2D eigenvalue weighted by molar-refractivity contribution is 6.30. The second-order valence-corrected chi connectivity index (χ2v) is 6.54. The molecule has 5 nitrogen and oxygen atoms in total. The molecular formula is C21H25ClN4O. The monoisotopic (exact) mass is 384 g/mol. The summed E-state index contributed by atoms with van der Waals surface area (Å²) in [6, 6.07) is 13.3. The van der Waals surface area contributed by atoms with Crippen LogP contribution in [-0.2, 0) is 6.42 Å². The predicted molar refractivity (Wildman–Crippen MR) is 109 cm³/mol. The van der Waals surface area contributed by atoms with Crippen molar-refractivity contribution in [1.82, 2.24) is 10.3 Å². The Morgan fingerprint density at radius 1 is 1.11 bits per heavy atom. The van der Waals surface area contributed by atoms with E-state index >= 15 is 0 Å². The molecule has 2 rings (SSSR count). The summed E-state index contributed by atoms with van der Waals surface area (Å²) in [6.45, 7) is 1.43. The van der Waals surface area contributed by atoms with Gasteiger partial charge in [0.05, 0.1) is 6.61 Å². The lowest BCUT2D eigenvalue weighted by Gasteiger charge is -2.06. The van der Waals surface area contributed by atoms with Gasteiger partial charge in [0.2, 0.25) is 0 Å². The third kappa shape index (κ3) is 9.07. The predicted octanol–water partition coefficient (Wildman–Crippen LogP) is 4.78. The van der Waals surface area contributed by atoms with Crippen molar-refractivity contribution in [2.45, 2.75) is 38.5 Å². The van der Waals surface area contributed by atoms with Crippen molar-refractivity contribution < 1.29 is 4.74 Å². The van der Waals surface area contributed by atoms with Crippen molar-refractivity contribution >= 4 is 17.4 Å². The molecule has 1 heterocycles. The fourth-order valence-corrected chi connectivity index (χ4v) is 2.67. The third-order valence-electron chi connectivity index (χ3n) is 3.98. The number of hydrogen-bond acceptors (Lipinski definition) is 4. The molecule has 0 amide bonds. The molecule has 2 aromatic rings. The molecule has 0 radical (unpaired) electrons. The van der Waals surface area contributed by atoms with Gasteiger partial charge in [-0.25, -0.2) is 0 Å². The lowest BCUT2D eigenvalue weighted by Crippen LogP contribution is -2.19. The van der Waals surface area contributed by atoms with Crippen LogP contribution in [0.5, 0.6) is 5.75 Å². The molecular weight excluding hydrogens is 360 g/mol. The normalized spacial score (nSPS) is 11.0. The van der Waals surface area contributed by atoms with Crippen LogP contribution in [0, 0.1) is 11.5 Å². The van der Waals surface area contributed by atoms with Gasteiger partial charge in [0.15, 0.2) is 6.19 Å². The molecule has 0 bridgehead atoms. The molecule has 27 heavy (non-hydrogen) atoms. The number of amidine groups is 1. The molecule has 1 aromatic heterocycles. The Hall–Kier alpha value is -2.58. The van der Waals surface area contributed by atoms with Crippen LogP contribution in [0.2, 0.25) is 5.02 Å². The first-order chi connectivity index (χ1) is 13.3. The number of aliphatic imine (C=N–C) groups is 1.